The second-order valence-electron chi connectivity index (χ2n) is 5.57. The molecule has 0 aliphatic carbocycles. The van der Waals surface area contributed by atoms with Crippen LogP contribution in [-0.4, -0.2) is 21.1 Å². The third-order valence-corrected chi connectivity index (χ3v) is 5.93. The number of halogens is 1. The van der Waals surface area contributed by atoms with Crippen LogP contribution >= 0.6 is 27.7 Å². The third-order valence-electron chi connectivity index (χ3n) is 4.01. The fourth-order valence-electron chi connectivity index (χ4n) is 2.84. The van der Waals surface area contributed by atoms with E-state index in [4.69, 9.17) is 4.42 Å². The Kier molecular flexibility index (Phi) is 4.24. The Morgan fingerprint density at radius 2 is 2.08 bits per heavy atom. The van der Waals surface area contributed by atoms with E-state index in [0.29, 0.717) is 12.3 Å². The van der Waals surface area contributed by atoms with Crippen molar-refractivity contribution in [1.29, 1.82) is 0 Å². The quantitative estimate of drug-likeness (QED) is 0.639. The standard InChI is InChI=1S/C18H15BrN2O2S/c19-15-5-1-2-6-16(15)20-8-7-13(10-20)18-21(17(22)12-24-18)11-14-4-3-9-23-14/h1-10,18H,11-12H2/t18-/m0/s1. The number of nitrogens with zero attached hydrogens (tertiary/aromatic N) is 2. The summed E-state index contributed by atoms with van der Waals surface area (Å²) in [5, 5.41) is 0.0198. The van der Waals surface area contributed by atoms with Crippen LogP contribution in [0.1, 0.15) is 16.7 Å². The summed E-state index contributed by atoms with van der Waals surface area (Å²) in [6.07, 6.45) is 5.76. The second kappa shape index (κ2) is 6.53. The van der Waals surface area contributed by atoms with E-state index in [9.17, 15) is 4.79 Å². The maximum Gasteiger partial charge on any atom is 0.234 e. The summed E-state index contributed by atoms with van der Waals surface area (Å²) < 4.78 is 8.52. The smallest absolute Gasteiger partial charge is 0.234 e. The molecule has 1 fully saturated rings. The van der Waals surface area contributed by atoms with Crippen LogP contribution in [0.2, 0.25) is 0 Å². The van der Waals surface area contributed by atoms with Crippen LogP contribution in [-0.2, 0) is 11.3 Å². The summed E-state index contributed by atoms with van der Waals surface area (Å²) in [4.78, 5) is 14.1. The first kappa shape index (κ1) is 15.6. The number of carbonyl (C=O) groups is 1. The van der Waals surface area contributed by atoms with Gasteiger partial charge < -0.3 is 13.9 Å². The van der Waals surface area contributed by atoms with Gasteiger partial charge in [-0.3, -0.25) is 4.79 Å². The molecule has 1 aliphatic rings. The van der Waals surface area contributed by atoms with E-state index >= 15 is 0 Å². The van der Waals surface area contributed by atoms with Gasteiger partial charge in [0.25, 0.3) is 0 Å². The Morgan fingerprint density at radius 3 is 2.88 bits per heavy atom. The lowest BCUT2D eigenvalue weighted by molar-refractivity contribution is -0.128. The summed E-state index contributed by atoms with van der Waals surface area (Å²) in [7, 11) is 0. The lowest BCUT2D eigenvalue weighted by Gasteiger charge is -2.22. The molecule has 2 aromatic heterocycles. The second-order valence-corrected chi connectivity index (χ2v) is 7.49. The van der Waals surface area contributed by atoms with Crippen LogP contribution in [0.25, 0.3) is 5.69 Å². The van der Waals surface area contributed by atoms with Crippen molar-refractivity contribution in [1.82, 2.24) is 9.47 Å². The molecule has 0 radical (unpaired) electrons. The highest BCUT2D eigenvalue weighted by molar-refractivity contribution is 9.10. The summed E-state index contributed by atoms with van der Waals surface area (Å²) in [5.41, 5.74) is 2.20. The molecule has 1 saturated heterocycles. The van der Waals surface area contributed by atoms with Gasteiger partial charge >= 0.3 is 0 Å². The molecule has 1 atom stereocenters. The Balaban J connectivity index is 1.61. The van der Waals surface area contributed by atoms with Crippen LogP contribution in [0.3, 0.4) is 0 Å². The number of carbonyl (C=O) groups excluding carboxylic acids is 1. The highest BCUT2D eigenvalue weighted by Crippen LogP contribution is 2.40. The maximum absolute atomic E-state index is 12.3. The van der Waals surface area contributed by atoms with Crippen molar-refractivity contribution in [2.75, 3.05) is 5.75 Å². The highest BCUT2D eigenvalue weighted by atomic mass is 79.9. The monoisotopic (exact) mass is 402 g/mol. The van der Waals surface area contributed by atoms with Gasteiger partial charge in [0.05, 0.1) is 24.2 Å². The van der Waals surface area contributed by atoms with E-state index in [2.05, 4.69) is 38.8 Å². The third kappa shape index (κ3) is 2.91. The summed E-state index contributed by atoms with van der Waals surface area (Å²) in [6.45, 7) is 0.504. The Labute approximate surface area is 152 Å². The molecule has 0 bridgehead atoms. The number of rotatable bonds is 4. The van der Waals surface area contributed by atoms with Gasteiger partial charge in [0.1, 0.15) is 11.1 Å². The number of amides is 1. The van der Waals surface area contributed by atoms with E-state index in [1.165, 1.54) is 0 Å². The van der Waals surface area contributed by atoms with E-state index in [1.54, 1.807) is 18.0 Å². The Morgan fingerprint density at radius 1 is 1.21 bits per heavy atom. The van der Waals surface area contributed by atoms with E-state index in [1.807, 2.05) is 41.4 Å². The summed E-state index contributed by atoms with van der Waals surface area (Å²) in [6, 6.07) is 13.9. The number of furan rings is 1. The zero-order chi connectivity index (χ0) is 16.5. The highest BCUT2D eigenvalue weighted by Gasteiger charge is 2.33. The Hall–Kier alpha value is -1.92. The lowest BCUT2D eigenvalue weighted by atomic mass is 10.3. The first-order valence-corrected chi connectivity index (χ1v) is 9.43. The molecular formula is C18H15BrN2O2S. The molecular weight excluding hydrogens is 388 g/mol. The number of para-hydroxylation sites is 1. The molecule has 3 aromatic rings. The topological polar surface area (TPSA) is 38.4 Å². The molecule has 0 N–H and O–H groups in total. The zero-order valence-corrected chi connectivity index (χ0v) is 15.2. The minimum Gasteiger partial charge on any atom is -0.467 e. The molecule has 1 amide bonds. The van der Waals surface area contributed by atoms with Gasteiger partial charge in [0, 0.05) is 22.4 Å². The van der Waals surface area contributed by atoms with Crippen molar-refractivity contribution in [3.05, 3.63) is 76.9 Å². The van der Waals surface area contributed by atoms with E-state index in [0.717, 1.165) is 21.5 Å². The number of hydrogen-bond donors (Lipinski definition) is 0. The van der Waals surface area contributed by atoms with Crippen LogP contribution in [0.4, 0.5) is 0 Å². The molecule has 0 unspecified atom stereocenters. The van der Waals surface area contributed by atoms with Gasteiger partial charge in [-0.05, 0) is 46.3 Å². The van der Waals surface area contributed by atoms with E-state index in [-0.39, 0.29) is 11.3 Å². The van der Waals surface area contributed by atoms with Gasteiger partial charge in [-0.2, -0.15) is 0 Å². The van der Waals surface area contributed by atoms with Crippen molar-refractivity contribution >= 4 is 33.6 Å². The van der Waals surface area contributed by atoms with Gasteiger partial charge in [-0.15, -0.1) is 11.8 Å². The van der Waals surface area contributed by atoms with Crippen LogP contribution in [0, 0.1) is 0 Å². The fraction of sp³-hybridized carbons (Fsp3) is 0.167. The summed E-state index contributed by atoms with van der Waals surface area (Å²) in [5.74, 6) is 1.46. The fourth-order valence-corrected chi connectivity index (χ4v) is 4.50. The van der Waals surface area contributed by atoms with Crippen molar-refractivity contribution in [2.45, 2.75) is 11.9 Å². The molecule has 0 spiro atoms. The molecule has 1 aliphatic heterocycles. The van der Waals surface area contributed by atoms with Gasteiger partial charge in [0.15, 0.2) is 0 Å². The molecule has 24 heavy (non-hydrogen) atoms. The molecule has 4 rings (SSSR count). The molecule has 122 valence electrons. The predicted molar refractivity (Wildman–Crippen MR) is 97.9 cm³/mol. The van der Waals surface area contributed by atoms with E-state index < -0.39 is 0 Å². The lowest BCUT2D eigenvalue weighted by Crippen LogP contribution is -2.27. The largest absolute Gasteiger partial charge is 0.467 e. The minimum atomic E-state index is 0.0198. The minimum absolute atomic E-state index is 0.0198. The Bertz CT molecular complexity index is 860. The first-order valence-electron chi connectivity index (χ1n) is 7.58. The number of aromatic nitrogens is 1. The number of benzene rings is 1. The first-order chi connectivity index (χ1) is 11.7. The number of thioether (sulfide) groups is 1. The van der Waals surface area contributed by atoms with Gasteiger partial charge in [-0.1, -0.05) is 12.1 Å². The summed E-state index contributed by atoms with van der Waals surface area (Å²) >= 11 is 5.24. The molecule has 1 aromatic carbocycles. The van der Waals surface area contributed by atoms with Crippen LogP contribution in [0.15, 0.2) is 70.0 Å². The molecule has 0 saturated carbocycles. The maximum atomic E-state index is 12.3. The normalized spacial score (nSPS) is 17.6. The number of hydrogen-bond acceptors (Lipinski definition) is 3. The van der Waals surface area contributed by atoms with Crippen LogP contribution < -0.4 is 0 Å². The van der Waals surface area contributed by atoms with Crippen molar-refractivity contribution in [3.8, 4) is 5.69 Å². The van der Waals surface area contributed by atoms with Crippen molar-refractivity contribution < 1.29 is 9.21 Å². The predicted octanol–water partition coefficient (Wildman–Crippen LogP) is 4.61. The van der Waals surface area contributed by atoms with Crippen molar-refractivity contribution in [3.63, 3.8) is 0 Å². The average molecular weight is 403 g/mol. The van der Waals surface area contributed by atoms with Gasteiger partial charge in [-0.25, -0.2) is 0 Å². The van der Waals surface area contributed by atoms with Crippen LogP contribution in [0.5, 0.6) is 0 Å². The zero-order valence-electron chi connectivity index (χ0n) is 12.8. The SMILES string of the molecule is O=C1CS[C@@H](c2ccn(-c3ccccc3Br)c2)N1Cc1ccco1. The van der Waals surface area contributed by atoms with Crippen molar-refractivity contribution in [2.24, 2.45) is 0 Å². The molecule has 3 heterocycles. The molecule has 4 nitrogen and oxygen atoms in total. The van der Waals surface area contributed by atoms with Gasteiger partial charge in [0.2, 0.25) is 5.91 Å². The molecule has 6 heteroatoms. The average Bonchev–Trinajstić information content (AvgIpc) is 3.31.